The van der Waals surface area contributed by atoms with Gasteiger partial charge in [-0.25, -0.2) is 9.59 Å². The molecule has 33 heavy (non-hydrogen) atoms. The van der Waals surface area contributed by atoms with Gasteiger partial charge in [0.05, 0.1) is 30.3 Å². The van der Waals surface area contributed by atoms with Crippen molar-refractivity contribution in [3.05, 3.63) is 77.1 Å². The zero-order valence-corrected chi connectivity index (χ0v) is 18.4. The average molecular weight is 451 g/mol. The predicted octanol–water partition coefficient (Wildman–Crippen LogP) is 3.61. The van der Waals surface area contributed by atoms with Crippen LogP contribution in [-0.4, -0.2) is 42.0 Å². The molecule has 0 fully saturated rings. The van der Waals surface area contributed by atoms with Gasteiger partial charge in [-0.05, 0) is 49.2 Å². The first-order valence-corrected chi connectivity index (χ1v) is 10.7. The van der Waals surface area contributed by atoms with E-state index in [4.69, 9.17) is 18.9 Å². The molecule has 8 heteroatoms. The first-order valence-electron chi connectivity index (χ1n) is 10.7. The van der Waals surface area contributed by atoms with E-state index in [0.717, 1.165) is 5.56 Å². The Hall–Kier alpha value is -3.94. The number of esters is 2. The van der Waals surface area contributed by atoms with Gasteiger partial charge in [-0.1, -0.05) is 18.2 Å². The molecule has 2 aromatic carbocycles. The number of phenols is 1. The van der Waals surface area contributed by atoms with E-state index in [1.807, 2.05) is 18.2 Å². The lowest BCUT2D eigenvalue weighted by atomic mass is 9.83. The Morgan fingerprint density at radius 1 is 0.939 bits per heavy atom. The van der Waals surface area contributed by atoms with Crippen LogP contribution in [0.4, 0.5) is 0 Å². The number of rotatable bonds is 7. The van der Waals surface area contributed by atoms with E-state index in [2.05, 4.69) is 0 Å². The Bertz CT molecular complexity index is 1070. The molecule has 0 bridgehead atoms. The number of hydrogen-bond acceptors (Lipinski definition) is 8. The maximum atomic E-state index is 12.9. The number of aromatic hydroxyl groups is 1. The number of fused-ring (bicyclic) bond motifs is 1. The van der Waals surface area contributed by atoms with Crippen LogP contribution in [0.1, 0.15) is 30.9 Å². The molecule has 2 aromatic rings. The molecule has 0 spiro atoms. The van der Waals surface area contributed by atoms with Gasteiger partial charge in [-0.15, -0.1) is 0 Å². The smallest absolute Gasteiger partial charge is 0.336 e. The highest BCUT2D eigenvalue weighted by atomic mass is 16.7. The highest BCUT2D eigenvalue weighted by molar-refractivity contribution is 5.98. The van der Waals surface area contributed by atoms with Crippen LogP contribution in [0.5, 0.6) is 17.2 Å². The lowest BCUT2D eigenvalue weighted by molar-refractivity contribution is -0.139. The summed E-state index contributed by atoms with van der Waals surface area (Å²) in [5, 5.41) is 9.71. The number of hydrogen-bond donors (Lipinski definition) is 1. The summed E-state index contributed by atoms with van der Waals surface area (Å²) in [5.74, 6) is -0.340. The van der Waals surface area contributed by atoms with E-state index in [0.29, 0.717) is 34.8 Å². The van der Waals surface area contributed by atoms with Gasteiger partial charge in [0.15, 0.2) is 11.5 Å². The van der Waals surface area contributed by atoms with Gasteiger partial charge < -0.3 is 29.0 Å². The first kappa shape index (κ1) is 22.3. The topological polar surface area (TPSA) is 94.5 Å². The lowest BCUT2D eigenvalue weighted by Crippen LogP contribution is -2.29. The minimum atomic E-state index is -0.697. The number of ether oxygens (including phenoxy) is 4. The molecule has 0 radical (unpaired) electrons. The molecular weight excluding hydrogens is 426 g/mol. The quantitative estimate of drug-likeness (QED) is 0.638. The zero-order chi connectivity index (χ0) is 23.4. The molecule has 1 N–H and O–H groups in total. The van der Waals surface area contributed by atoms with Crippen molar-refractivity contribution in [2.24, 2.45) is 0 Å². The standard InChI is InChI=1S/C25H25NO7/c1-3-30-24(28)19-13-26(12-16-5-10-21-22(11-16)33-15-32-21)14-20(25(29)31-4-2)23(19)17-6-8-18(27)9-7-17/h5-11,13-14,23,27H,3-4,12,15H2,1-2H3. The molecule has 0 atom stereocenters. The van der Waals surface area contributed by atoms with Crippen LogP contribution in [0.15, 0.2) is 66.0 Å². The third-order valence-corrected chi connectivity index (χ3v) is 5.28. The number of carbonyl (C=O) groups excluding carboxylic acids is 2. The van der Waals surface area contributed by atoms with Crippen molar-refractivity contribution < 1.29 is 33.6 Å². The van der Waals surface area contributed by atoms with Crippen LogP contribution in [-0.2, 0) is 25.6 Å². The zero-order valence-electron chi connectivity index (χ0n) is 18.4. The van der Waals surface area contributed by atoms with Crippen molar-refractivity contribution >= 4 is 11.9 Å². The summed E-state index contributed by atoms with van der Waals surface area (Å²) in [7, 11) is 0. The maximum absolute atomic E-state index is 12.9. The molecule has 0 saturated carbocycles. The molecular formula is C25H25NO7. The molecule has 0 unspecified atom stereocenters. The third-order valence-electron chi connectivity index (χ3n) is 5.28. The third kappa shape index (κ3) is 4.79. The van der Waals surface area contributed by atoms with Crippen LogP contribution in [0.2, 0.25) is 0 Å². The predicted molar refractivity (Wildman–Crippen MR) is 118 cm³/mol. The summed E-state index contributed by atoms with van der Waals surface area (Å²) in [5.41, 5.74) is 2.16. The minimum Gasteiger partial charge on any atom is -0.508 e. The van der Waals surface area contributed by atoms with Crippen LogP contribution < -0.4 is 9.47 Å². The molecule has 2 aliphatic heterocycles. The van der Waals surface area contributed by atoms with Gasteiger partial charge in [0, 0.05) is 18.9 Å². The van der Waals surface area contributed by atoms with Crippen molar-refractivity contribution in [2.75, 3.05) is 20.0 Å². The number of carbonyl (C=O) groups is 2. The first-order chi connectivity index (χ1) is 16.0. The number of phenolic OH excluding ortho intramolecular Hbond substituents is 1. The fourth-order valence-electron chi connectivity index (χ4n) is 3.85. The molecule has 2 heterocycles. The largest absolute Gasteiger partial charge is 0.508 e. The fourth-order valence-corrected chi connectivity index (χ4v) is 3.85. The van der Waals surface area contributed by atoms with E-state index in [9.17, 15) is 14.7 Å². The van der Waals surface area contributed by atoms with Crippen LogP contribution in [0, 0.1) is 0 Å². The van der Waals surface area contributed by atoms with E-state index < -0.39 is 17.9 Å². The summed E-state index contributed by atoms with van der Waals surface area (Å²) in [6, 6.07) is 12.0. The second kappa shape index (κ2) is 9.68. The Kier molecular flexibility index (Phi) is 6.53. The van der Waals surface area contributed by atoms with Gasteiger partial charge in [-0.2, -0.15) is 0 Å². The highest BCUT2D eigenvalue weighted by Crippen LogP contribution is 2.39. The molecule has 8 nitrogen and oxygen atoms in total. The maximum Gasteiger partial charge on any atom is 0.336 e. The van der Waals surface area contributed by atoms with Crippen LogP contribution in [0.25, 0.3) is 0 Å². The number of nitrogens with zero attached hydrogens (tertiary/aromatic N) is 1. The second-order valence-electron chi connectivity index (χ2n) is 7.49. The van der Waals surface area contributed by atoms with Gasteiger partial charge in [0.1, 0.15) is 5.75 Å². The van der Waals surface area contributed by atoms with Crippen molar-refractivity contribution in [3.8, 4) is 17.2 Å². The summed E-state index contributed by atoms with van der Waals surface area (Å²) in [6.45, 7) is 4.40. The lowest BCUT2D eigenvalue weighted by Gasteiger charge is -2.30. The Balaban J connectivity index is 1.74. The number of benzene rings is 2. The van der Waals surface area contributed by atoms with Crippen LogP contribution >= 0.6 is 0 Å². The van der Waals surface area contributed by atoms with Gasteiger partial charge in [0.2, 0.25) is 6.79 Å². The summed E-state index contributed by atoms with van der Waals surface area (Å²) < 4.78 is 21.4. The summed E-state index contributed by atoms with van der Waals surface area (Å²) in [4.78, 5) is 27.6. The second-order valence-corrected chi connectivity index (χ2v) is 7.49. The minimum absolute atomic E-state index is 0.0855. The average Bonchev–Trinajstić information content (AvgIpc) is 3.27. The van der Waals surface area contributed by atoms with Crippen LogP contribution in [0.3, 0.4) is 0 Å². The van der Waals surface area contributed by atoms with Crippen molar-refractivity contribution in [2.45, 2.75) is 26.3 Å². The Labute approximate surface area is 191 Å². The van der Waals surface area contributed by atoms with Crippen molar-refractivity contribution in [3.63, 3.8) is 0 Å². The monoisotopic (exact) mass is 451 g/mol. The molecule has 2 aliphatic rings. The van der Waals surface area contributed by atoms with Gasteiger partial charge in [0.25, 0.3) is 0 Å². The van der Waals surface area contributed by atoms with E-state index in [1.165, 1.54) is 12.1 Å². The molecule has 4 rings (SSSR count). The normalized spacial score (nSPS) is 15.0. The molecule has 0 aliphatic carbocycles. The van der Waals surface area contributed by atoms with Crippen molar-refractivity contribution in [1.82, 2.24) is 4.90 Å². The van der Waals surface area contributed by atoms with Gasteiger partial charge in [-0.3, -0.25) is 0 Å². The molecule has 0 saturated heterocycles. The summed E-state index contributed by atoms with van der Waals surface area (Å²) >= 11 is 0. The molecule has 0 aromatic heterocycles. The highest BCUT2D eigenvalue weighted by Gasteiger charge is 2.35. The van der Waals surface area contributed by atoms with E-state index >= 15 is 0 Å². The Morgan fingerprint density at radius 2 is 1.55 bits per heavy atom. The SMILES string of the molecule is CCOC(=O)C1=CN(Cc2ccc3c(c2)OCO3)C=C(C(=O)OCC)C1c1ccc(O)cc1. The van der Waals surface area contributed by atoms with E-state index in [-0.39, 0.29) is 25.8 Å². The Morgan fingerprint density at radius 3 is 2.15 bits per heavy atom. The van der Waals surface area contributed by atoms with E-state index in [1.54, 1.807) is 43.3 Å². The molecule has 172 valence electrons. The molecule has 0 amide bonds. The fraction of sp³-hybridized carbons (Fsp3) is 0.280. The van der Waals surface area contributed by atoms with Gasteiger partial charge >= 0.3 is 11.9 Å². The van der Waals surface area contributed by atoms with Crippen molar-refractivity contribution in [1.29, 1.82) is 0 Å². The summed E-state index contributed by atoms with van der Waals surface area (Å²) in [6.07, 6.45) is 3.37.